The Balaban J connectivity index is 0.00000392. The molecule has 0 fully saturated rings. The smallest absolute Gasteiger partial charge is 0.191 e. The van der Waals surface area contributed by atoms with Gasteiger partial charge in [-0.1, -0.05) is 30.3 Å². The number of aryl methyl sites for hydroxylation is 1. The number of rotatable bonds is 9. The maximum Gasteiger partial charge on any atom is 0.191 e. The van der Waals surface area contributed by atoms with Crippen molar-refractivity contribution < 1.29 is 14.2 Å². The van der Waals surface area contributed by atoms with Gasteiger partial charge in [-0.05, 0) is 49.6 Å². The van der Waals surface area contributed by atoms with E-state index in [1.165, 1.54) is 6.07 Å². The Bertz CT molecular complexity index is 743. The third-order valence-electron chi connectivity index (χ3n) is 3.88. The van der Waals surface area contributed by atoms with Gasteiger partial charge in [0.15, 0.2) is 5.96 Å². The number of aliphatic hydroxyl groups excluding tert-OH is 1. The SMILES string of the molecule is CCNC(=NCC(O)COc1cccc(C)c1)NCCc1ccccc1F.I. The average Bonchev–Trinajstić information content (AvgIpc) is 2.66. The molecule has 0 aliphatic heterocycles. The lowest BCUT2D eigenvalue weighted by Gasteiger charge is -2.14. The summed E-state index contributed by atoms with van der Waals surface area (Å²) in [7, 11) is 0. The van der Waals surface area contributed by atoms with Crippen LogP contribution in [0.5, 0.6) is 5.75 Å². The molecule has 0 saturated carbocycles. The quantitative estimate of drug-likeness (QED) is 0.281. The van der Waals surface area contributed by atoms with E-state index in [0.717, 1.165) is 11.3 Å². The molecule has 7 heteroatoms. The van der Waals surface area contributed by atoms with Crippen LogP contribution in [0.15, 0.2) is 53.5 Å². The van der Waals surface area contributed by atoms with Crippen LogP contribution in [0.4, 0.5) is 4.39 Å². The number of nitrogens with one attached hydrogen (secondary N) is 2. The number of hydrogen-bond acceptors (Lipinski definition) is 3. The topological polar surface area (TPSA) is 65.9 Å². The lowest BCUT2D eigenvalue weighted by atomic mass is 10.1. The Labute approximate surface area is 183 Å². The van der Waals surface area contributed by atoms with Gasteiger partial charge < -0.3 is 20.5 Å². The van der Waals surface area contributed by atoms with Gasteiger partial charge in [-0.15, -0.1) is 24.0 Å². The van der Waals surface area contributed by atoms with Crippen molar-refractivity contribution in [2.75, 3.05) is 26.2 Å². The number of nitrogens with zero attached hydrogens (tertiary/aromatic N) is 1. The molecule has 2 aromatic rings. The van der Waals surface area contributed by atoms with Gasteiger partial charge in [0.05, 0.1) is 6.54 Å². The zero-order valence-electron chi connectivity index (χ0n) is 16.3. The summed E-state index contributed by atoms with van der Waals surface area (Å²) >= 11 is 0. The van der Waals surface area contributed by atoms with E-state index in [4.69, 9.17) is 4.74 Å². The summed E-state index contributed by atoms with van der Waals surface area (Å²) in [5.41, 5.74) is 1.76. The lowest BCUT2D eigenvalue weighted by molar-refractivity contribution is 0.114. The van der Waals surface area contributed by atoms with Gasteiger partial charge in [0.2, 0.25) is 0 Å². The Morgan fingerprint density at radius 1 is 1.18 bits per heavy atom. The molecule has 0 aliphatic rings. The first kappa shape index (κ1) is 24.2. The molecule has 0 radical (unpaired) electrons. The van der Waals surface area contributed by atoms with E-state index in [1.54, 1.807) is 12.1 Å². The first-order valence-electron chi connectivity index (χ1n) is 9.21. The molecule has 1 atom stereocenters. The van der Waals surface area contributed by atoms with Crippen LogP contribution in [0.3, 0.4) is 0 Å². The highest BCUT2D eigenvalue weighted by Gasteiger charge is 2.07. The number of guanidine groups is 1. The second kappa shape index (κ2) is 13.3. The molecule has 0 bridgehead atoms. The minimum absolute atomic E-state index is 0. The molecule has 0 saturated heterocycles. The van der Waals surface area contributed by atoms with Gasteiger partial charge in [0.1, 0.15) is 24.3 Å². The monoisotopic (exact) mass is 501 g/mol. The molecule has 0 amide bonds. The predicted molar refractivity (Wildman–Crippen MR) is 122 cm³/mol. The highest BCUT2D eigenvalue weighted by atomic mass is 127. The highest BCUT2D eigenvalue weighted by molar-refractivity contribution is 14.0. The maximum absolute atomic E-state index is 13.6. The first-order chi connectivity index (χ1) is 13.1. The van der Waals surface area contributed by atoms with E-state index >= 15 is 0 Å². The number of hydrogen-bond donors (Lipinski definition) is 3. The van der Waals surface area contributed by atoms with Gasteiger partial charge in [0, 0.05) is 13.1 Å². The molecule has 0 aliphatic carbocycles. The van der Waals surface area contributed by atoms with Crippen molar-refractivity contribution in [2.24, 2.45) is 4.99 Å². The van der Waals surface area contributed by atoms with Crippen molar-refractivity contribution in [3.8, 4) is 5.75 Å². The van der Waals surface area contributed by atoms with Crippen LogP contribution in [-0.2, 0) is 6.42 Å². The molecule has 2 rings (SSSR count). The summed E-state index contributed by atoms with van der Waals surface area (Å²) in [5, 5.41) is 16.4. The molecule has 0 aromatic heterocycles. The molecule has 3 N–H and O–H groups in total. The summed E-state index contributed by atoms with van der Waals surface area (Å²) in [6.07, 6.45) is -0.164. The number of benzene rings is 2. The van der Waals surface area contributed by atoms with Gasteiger partial charge in [0.25, 0.3) is 0 Å². The Morgan fingerprint density at radius 3 is 2.68 bits per heavy atom. The second-order valence-electron chi connectivity index (χ2n) is 6.27. The van der Waals surface area contributed by atoms with E-state index < -0.39 is 6.10 Å². The Kier molecular flexibility index (Phi) is 11.5. The lowest BCUT2D eigenvalue weighted by Crippen LogP contribution is -2.39. The number of ether oxygens (including phenoxy) is 1. The van der Waals surface area contributed by atoms with Crippen molar-refractivity contribution in [2.45, 2.75) is 26.4 Å². The molecular formula is C21H29FIN3O2. The minimum atomic E-state index is -0.715. The van der Waals surface area contributed by atoms with E-state index in [1.807, 2.05) is 44.2 Å². The zero-order chi connectivity index (χ0) is 19.5. The first-order valence-corrected chi connectivity index (χ1v) is 9.21. The summed E-state index contributed by atoms with van der Waals surface area (Å²) < 4.78 is 19.2. The fourth-order valence-corrected chi connectivity index (χ4v) is 2.51. The standard InChI is InChI=1S/C21H28FN3O2.HI/c1-3-23-21(24-12-11-17-8-4-5-10-20(17)22)25-14-18(26)15-27-19-9-6-7-16(2)13-19;/h4-10,13,18,26H,3,11-12,14-15H2,1-2H3,(H2,23,24,25);1H. The van der Waals surface area contributed by atoms with Crippen molar-refractivity contribution in [3.63, 3.8) is 0 Å². The third-order valence-corrected chi connectivity index (χ3v) is 3.88. The Morgan fingerprint density at radius 2 is 1.96 bits per heavy atom. The van der Waals surface area contributed by atoms with Crippen LogP contribution in [0.1, 0.15) is 18.1 Å². The van der Waals surface area contributed by atoms with Gasteiger partial charge >= 0.3 is 0 Å². The summed E-state index contributed by atoms with van der Waals surface area (Å²) in [6, 6.07) is 14.4. The molecule has 28 heavy (non-hydrogen) atoms. The van der Waals surface area contributed by atoms with Crippen LogP contribution in [0.25, 0.3) is 0 Å². The molecule has 2 aromatic carbocycles. The van der Waals surface area contributed by atoms with Gasteiger partial charge in [-0.3, -0.25) is 4.99 Å². The average molecular weight is 501 g/mol. The van der Waals surface area contributed by atoms with Crippen molar-refractivity contribution in [1.82, 2.24) is 10.6 Å². The molecule has 5 nitrogen and oxygen atoms in total. The number of aliphatic hydroxyl groups is 1. The second-order valence-corrected chi connectivity index (χ2v) is 6.27. The van der Waals surface area contributed by atoms with Gasteiger partial charge in [-0.25, -0.2) is 4.39 Å². The van der Waals surface area contributed by atoms with Crippen molar-refractivity contribution in [1.29, 1.82) is 0 Å². The minimum Gasteiger partial charge on any atom is -0.491 e. The molecule has 1 unspecified atom stereocenters. The zero-order valence-corrected chi connectivity index (χ0v) is 18.7. The predicted octanol–water partition coefficient (Wildman–Crippen LogP) is 3.29. The van der Waals surface area contributed by atoms with Gasteiger partial charge in [-0.2, -0.15) is 0 Å². The summed E-state index contributed by atoms with van der Waals surface area (Å²) in [4.78, 5) is 4.37. The number of aliphatic imine (C=N–C) groups is 1. The normalized spacial score (nSPS) is 12.1. The van der Waals surface area contributed by atoms with Crippen LogP contribution < -0.4 is 15.4 Å². The van der Waals surface area contributed by atoms with Crippen LogP contribution in [-0.4, -0.2) is 43.4 Å². The fraction of sp³-hybridized carbons (Fsp3) is 0.381. The molecule has 0 heterocycles. The van der Waals surface area contributed by atoms with E-state index in [-0.39, 0.29) is 42.9 Å². The Hall–Kier alpha value is -1.87. The largest absolute Gasteiger partial charge is 0.491 e. The van der Waals surface area contributed by atoms with E-state index in [0.29, 0.717) is 31.0 Å². The summed E-state index contributed by atoms with van der Waals surface area (Å²) in [6.45, 7) is 5.57. The van der Waals surface area contributed by atoms with Crippen molar-refractivity contribution in [3.05, 3.63) is 65.5 Å². The van der Waals surface area contributed by atoms with Crippen molar-refractivity contribution >= 4 is 29.9 Å². The van der Waals surface area contributed by atoms with Crippen LogP contribution in [0.2, 0.25) is 0 Å². The molecular weight excluding hydrogens is 472 g/mol. The summed E-state index contributed by atoms with van der Waals surface area (Å²) in [5.74, 6) is 1.11. The number of halogens is 2. The third kappa shape index (κ3) is 8.88. The maximum atomic E-state index is 13.6. The van der Waals surface area contributed by atoms with E-state index in [2.05, 4.69) is 15.6 Å². The molecule has 0 spiro atoms. The fourth-order valence-electron chi connectivity index (χ4n) is 2.51. The van der Waals surface area contributed by atoms with E-state index in [9.17, 15) is 9.50 Å². The van der Waals surface area contributed by atoms with Crippen LogP contribution in [0, 0.1) is 12.7 Å². The van der Waals surface area contributed by atoms with Crippen LogP contribution >= 0.6 is 24.0 Å². The highest BCUT2D eigenvalue weighted by Crippen LogP contribution is 2.12. The molecule has 154 valence electrons.